The number of ether oxygens (including phenoxy) is 1. The molecule has 0 spiro atoms. The van der Waals surface area contributed by atoms with Crippen molar-refractivity contribution in [1.82, 2.24) is 5.32 Å². The predicted molar refractivity (Wildman–Crippen MR) is 82.3 cm³/mol. The molecule has 2 aromatic carbocycles. The molecule has 0 fully saturated rings. The lowest BCUT2D eigenvalue weighted by Gasteiger charge is -2.29. The van der Waals surface area contributed by atoms with Crippen LogP contribution in [0.2, 0.25) is 5.02 Å². The molecule has 20 heavy (non-hydrogen) atoms. The molecule has 1 heterocycles. The number of para-hydroxylation sites is 1. The molecule has 0 radical (unpaired) electrons. The van der Waals surface area contributed by atoms with Crippen LogP contribution in [0.15, 0.2) is 48.5 Å². The SMILES string of the molecule is C[C@H](NC1CCOc2ccccc21)c1ccc(Cl)cc1. The van der Waals surface area contributed by atoms with Crippen LogP contribution in [-0.2, 0) is 0 Å². The average molecular weight is 288 g/mol. The molecule has 0 aromatic heterocycles. The standard InChI is InChI=1S/C17H18ClNO/c1-12(13-6-8-14(18)9-7-13)19-16-10-11-20-17-5-3-2-4-15(16)17/h2-9,12,16,19H,10-11H2,1H3/t12-,16?/m0/s1. The average Bonchev–Trinajstić information content (AvgIpc) is 2.48. The van der Waals surface area contributed by atoms with Gasteiger partial charge in [-0.2, -0.15) is 0 Å². The Morgan fingerprint density at radius 1 is 1.15 bits per heavy atom. The van der Waals surface area contributed by atoms with Crippen molar-refractivity contribution in [3.05, 3.63) is 64.7 Å². The molecule has 1 aliphatic rings. The van der Waals surface area contributed by atoms with Gasteiger partial charge in [-0.05, 0) is 30.7 Å². The van der Waals surface area contributed by atoms with Crippen molar-refractivity contribution in [2.45, 2.75) is 25.4 Å². The van der Waals surface area contributed by atoms with Gasteiger partial charge in [-0.3, -0.25) is 0 Å². The highest BCUT2D eigenvalue weighted by molar-refractivity contribution is 6.30. The molecule has 3 heteroatoms. The summed E-state index contributed by atoms with van der Waals surface area (Å²) >= 11 is 5.94. The zero-order chi connectivity index (χ0) is 13.9. The summed E-state index contributed by atoms with van der Waals surface area (Å²) in [5.74, 6) is 1.000. The Hall–Kier alpha value is -1.51. The van der Waals surface area contributed by atoms with Gasteiger partial charge in [-0.1, -0.05) is 41.9 Å². The molecule has 0 saturated heterocycles. The fourth-order valence-corrected chi connectivity index (χ4v) is 2.79. The number of fused-ring (bicyclic) bond motifs is 1. The van der Waals surface area contributed by atoms with Gasteiger partial charge >= 0.3 is 0 Å². The highest BCUT2D eigenvalue weighted by Gasteiger charge is 2.22. The van der Waals surface area contributed by atoms with Crippen LogP contribution >= 0.6 is 11.6 Å². The smallest absolute Gasteiger partial charge is 0.124 e. The first kappa shape index (κ1) is 13.5. The summed E-state index contributed by atoms with van der Waals surface area (Å²) in [6.45, 7) is 2.95. The molecule has 2 aromatic rings. The Balaban J connectivity index is 1.77. The number of hydrogen-bond acceptors (Lipinski definition) is 2. The van der Waals surface area contributed by atoms with Crippen LogP contribution in [0.3, 0.4) is 0 Å². The van der Waals surface area contributed by atoms with Crippen molar-refractivity contribution in [3.8, 4) is 5.75 Å². The van der Waals surface area contributed by atoms with E-state index in [1.165, 1.54) is 11.1 Å². The topological polar surface area (TPSA) is 21.3 Å². The molecule has 0 bridgehead atoms. The lowest BCUT2D eigenvalue weighted by Crippen LogP contribution is -2.29. The summed E-state index contributed by atoms with van der Waals surface area (Å²) < 4.78 is 5.70. The minimum atomic E-state index is 0.281. The van der Waals surface area contributed by atoms with Gasteiger partial charge in [0.1, 0.15) is 5.75 Å². The normalized spacial score (nSPS) is 19.0. The Labute approximate surface area is 124 Å². The predicted octanol–water partition coefficient (Wildman–Crippen LogP) is 4.51. The molecule has 2 atom stereocenters. The largest absolute Gasteiger partial charge is 0.493 e. The van der Waals surface area contributed by atoms with Crippen LogP contribution in [-0.4, -0.2) is 6.61 Å². The van der Waals surface area contributed by atoms with E-state index in [4.69, 9.17) is 16.3 Å². The Kier molecular flexibility index (Phi) is 3.95. The van der Waals surface area contributed by atoms with E-state index in [0.717, 1.165) is 23.8 Å². The highest BCUT2D eigenvalue weighted by atomic mass is 35.5. The minimum absolute atomic E-state index is 0.281. The molecule has 0 aliphatic carbocycles. The van der Waals surface area contributed by atoms with Gasteiger partial charge in [-0.25, -0.2) is 0 Å². The number of nitrogens with one attached hydrogen (secondary N) is 1. The number of halogens is 1. The zero-order valence-electron chi connectivity index (χ0n) is 11.5. The van der Waals surface area contributed by atoms with Gasteiger partial charge in [0.05, 0.1) is 6.61 Å². The van der Waals surface area contributed by atoms with Crippen molar-refractivity contribution >= 4 is 11.6 Å². The molecule has 1 N–H and O–H groups in total. The van der Waals surface area contributed by atoms with E-state index in [-0.39, 0.29) is 6.04 Å². The van der Waals surface area contributed by atoms with Crippen LogP contribution in [0.1, 0.15) is 36.6 Å². The second kappa shape index (κ2) is 5.86. The van der Waals surface area contributed by atoms with Crippen LogP contribution in [0.25, 0.3) is 0 Å². The third kappa shape index (κ3) is 2.82. The maximum Gasteiger partial charge on any atom is 0.124 e. The molecule has 1 unspecified atom stereocenters. The molecular formula is C17H18ClNO. The number of benzene rings is 2. The van der Waals surface area contributed by atoms with Crippen molar-refractivity contribution in [1.29, 1.82) is 0 Å². The second-order valence-electron chi connectivity index (χ2n) is 5.17. The number of hydrogen-bond donors (Lipinski definition) is 1. The second-order valence-corrected chi connectivity index (χ2v) is 5.60. The van der Waals surface area contributed by atoms with Crippen LogP contribution in [0.4, 0.5) is 0 Å². The Morgan fingerprint density at radius 2 is 1.90 bits per heavy atom. The van der Waals surface area contributed by atoms with Gasteiger partial charge in [-0.15, -0.1) is 0 Å². The van der Waals surface area contributed by atoms with Crippen molar-refractivity contribution in [3.63, 3.8) is 0 Å². The molecular weight excluding hydrogens is 270 g/mol. The lowest BCUT2D eigenvalue weighted by molar-refractivity contribution is 0.246. The van der Waals surface area contributed by atoms with E-state index >= 15 is 0 Å². The molecule has 104 valence electrons. The molecule has 1 aliphatic heterocycles. The first-order valence-corrected chi connectivity index (χ1v) is 7.35. The zero-order valence-corrected chi connectivity index (χ0v) is 12.2. The van der Waals surface area contributed by atoms with E-state index < -0.39 is 0 Å². The first-order chi connectivity index (χ1) is 9.74. The number of rotatable bonds is 3. The van der Waals surface area contributed by atoms with Gasteiger partial charge in [0, 0.05) is 29.1 Å². The summed E-state index contributed by atoms with van der Waals surface area (Å²) in [7, 11) is 0. The van der Waals surface area contributed by atoms with Gasteiger partial charge in [0.25, 0.3) is 0 Å². The van der Waals surface area contributed by atoms with Crippen molar-refractivity contribution in [2.75, 3.05) is 6.61 Å². The summed E-state index contributed by atoms with van der Waals surface area (Å²) in [5, 5.41) is 4.46. The van der Waals surface area contributed by atoms with E-state index in [2.05, 4.69) is 36.5 Å². The maximum absolute atomic E-state index is 5.94. The minimum Gasteiger partial charge on any atom is -0.493 e. The van der Waals surface area contributed by atoms with Gasteiger partial charge in [0.15, 0.2) is 0 Å². The first-order valence-electron chi connectivity index (χ1n) is 6.97. The van der Waals surface area contributed by atoms with E-state index in [0.29, 0.717) is 6.04 Å². The Morgan fingerprint density at radius 3 is 2.70 bits per heavy atom. The summed E-state index contributed by atoms with van der Waals surface area (Å²) in [5.41, 5.74) is 2.50. The highest BCUT2D eigenvalue weighted by Crippen LogP contribution is 2.33. The Bertz CT molecular complexity index is 582. The third-order valence-electron chi connectivity index (χ3n) is 3.78. The molecule has 0 amide bonds. The summed E-state index contributed by atoms with van der Waals surface area (Å²) in [6, 6.07) is 16.9. The van der Waals surface area contributed by atoms with E-state index in [1.807, 2.05) is 24.3 Å². The van der Waals surface area contributed by atoms with E-state index in [1.54, 1.807) is 0 Å². The lowest BCUT2D eigenvalue weighted by atomic mass is 9.98. The molecule has 2 nitrogen and oxygen atoms in total. The van der Waals surface area contributed by atoms with Crippen LogP contribution < -0.4 is 10.1 Å². The van der Waals surface area contributed by atoms with Crippen LogP contribution in [0, 0.1) is 0 Å². The van der Waals surface area contributed by atoms with Gasteiger partial charge < -0.3 is 10.1 Å². The fourth-order valence-electron chi connectivity index (χ4n) is 2.66. The maximum atomic E-state index is 5.94. The molecule has 3 rings (SSSR count). The summed E-state index contributed by atoms with van der Waals surface area (Å²) in [6.07, 6.45) is 0.995. The molecule has 0 saturated carbocycles. The van der Waals surface area contributed by atoms with E-state index in [9.17, 15) is 0 Å². The van der Waals surface area contributed by atoms with Crippen molar-refractivity contribution < 1.29 is 4.74 Å². The quantitative estimate of drug-likeness (QED) is 0.896. The third-order valence-corrected chi connectivity index (χ3v) is 4.03. The fraction of sp³-hybridized carbons (Fsp3) is 0.294. The monoisotopic (exact) mass is 287 g/mol. The van der Waals surface area contributed by atoms with Gasteiger partial charge in [0.2, 0.25) is 0 Å². The summed E-state index contributed by atoms with van der Waals surface area (Å²) in [4.78, 5) is 0. The van der Waals surface area contributed by atoms with Crippen LogP contribution in [0.5, 0.6) is 5.75 Å². The van der Waals surface area contributed by atoms with Crippen molar-refractivity contribution in [2.24, 2.45) is 0 Å².